The summed E-state index contributed by atoms with van der Waals surface area (Å²) < 4.78 is 10.4. The molecule has 0 aromatic carbocycles. The second-order valence-electron chi connectivity index (χ2n) is 3.78. The maximum Gasteiger partial charge on any atom is 0.324 e. The van der Waals surface area contributed by atoms with Crippen LogP contribution in [0.3, 0.4) is 0 Å². The third-order valence-electron chi connectivity index (χ3n) is 2.38. The third kappa shape index (κ3) is 2.86. The summed E-state index contributed by atoms with van der Waals surface area (Å²) in [5.74, 6) is 0.660. The van der Waals surface area contributed by atoms with Crippen LogP contribution in [0.15, 0.2) is 44.7 Å². The van der Waals surface area contributed by atoms with Crippen LogP contribution in [0.1, 0.15) is 4.88 Å². The van der Waals surface area contributed by atoms with Crippen LogP contribution in [0, 0.1) is 0 Å². The minimum atomic E-state index is -0.409. The number of rotatable bonds is 4. The molecule has 102 valence electrons. The van der Waals surface area contributed by atoms with Crippen LogP contribution in [0.5, 0.6) is 0 Å². The number of carbonyl (C=O) groups excluding carboxylic acids is 1. The fraction of sp³-hybridized carbons (Fsp3) is 0.0833. The van der Waals surface area contributed by atoms with Gasteiger partial charge in [0.05, 0.1) is 12.8 Å². The van der Waals surface area contributed by atoms with Crippen molar-refractivity contribution in [1.29, 1.82) is 0 Å². The molecule has 0 fully saturated rings. The standard InChI is InChI=1S/C12H10N4O3S/c17-11(13-7-8-3-2-6-20-8)14-12-16-15-10(19-12)9-4-1-5-18-9/h1-6H,7H2,(H2,13,14,16,17). The lowest BCUT2D eigenvalue weighted by Crippen LogP contribution is -2.27. The average molecular weight is 290 g/mol. The number of amides is 2. The maximum absolute atomic E-state index is 11.6. The van der Waals surface area contributed by atoms with E-state index < -0.39 is 6.03 Å². The highest BCUT2D eigenvalue weighted by molar-refractivity contribution is 7.09. The fourth-order valence-corrected chi connectivity index (χ4v) is 2.14. The van der Waals surface area contributed by atoms with Gasteiger partial charge in [0, 0.05) is 4.88 Å². The number of nitrogens with zero attached hydrogens (tertiary/aromatic N) is 2. The number of furan rings is 1. The first-order valence-electron chi connectivity index (χ1n) is 5.76. The minimum absolute atomic E-state index is 0.0140. The Morgan fingerprint density at radius 2 is 2.25 bits per heavy atom. The third-order valence-corrected chi connectivity index (χ3v) is 3.26. The Labute approximate surface area is 117 Å². The summed E-state index contributed by atoms with van der Waals surface area (Å²) >= 11 is 1.57. The molecule has 7 nitrogen and oxygen atoms in total. The molecule has 3 heterocycles. The van der Waals surface area contributed by atoms with Gasteiger partial charge in [-0.2, -0.15) is 0 Å². The zero-order valence-corrected chi connectivity index (χ0v) is 11.0. The molecule has 0 aliphatic heterocycles. The van der Waals surface area contributed by atoms with Crippen LogP contribution in [0.4, 0.5) is 10.8 Å². The van der Waals surface area contributed by atoms with Crippen LogP contribution in [0.2, 0.25) is 0 Å². The highest BCUT2D eigenvalue weighted by Gasteiger charge is 2.12. The first kappa shape index (κ1) is 12.4. The van der Waals surface area contributed by atoms with Crippen molar-refractivity contribution in [2.24, 2.45) is 0 Å². The van der Waals surface area contributed by atoms with Gasteiger partial charge >= 0.3 is 12.0 Å². The minimum Gasteiger partial charge on any atom is -0.459 e. The van der Waals surface area contributed by atoms with E-state index in [-0.39, 0.29) is 11.9 Å². The summed E-state index contributed by atoms with van der Waals surface area (Å²) in [6.07, 6.45) is 1.50. The van der Waals surface area contributed by atoms with Crippen molar-refractivity contribution in [3.05, 3.63) is 40.8 Å². The van der Waals surface area contributed by atoms with Gasteiger partial charge in [0.2, 0.25) is 0 Å². The molecule has 3 aromatic rings. The number of carbonyl (C=O) groups is 1. The predicted molar refractivity (Wildman–Crippen MR) is 72.2 cm³/mol. The summed E-state index contributed by atoms with van der Waals surface area (Å²) in [7, 11) is 0. The Kier molecular flexibility index (Phi) is 3.46. The number of anilines is 1. The molecule has 0 unspecified atom stereocenters. The molecule has 20 heavy (non-hydrogen) atoms. The van der Waals surface area contributed by atoms with Crippen molar-refractivity contribution >= 4 is 23.4 Å². The van der Waals surface area contributed by atoms with Crippen LogP contribution in [-0.4, -0.2) is 16.2 Å². The molecule has 0 aliphatic rings. The molecule has 0 saturated heterocycles. The van der Waals surface area contributed by atoms with E-state index in [2.05, 4.69) is 20.8 Å². The van der Waals surface area contributed by atoms with Gasteiger partial charge in [0.1, 0.15) is 0 Å². The van der Waals surface area contributed by atoms with E-state index >= 15 is 0 Å². The molecule has 3 aromatic heterocycles. The molecule has 0 radical (unpaired) electrons. The fourth-order valence-electron chi connectivity index (χ4n) is 1.50. The summed E-state index contributed by atoms with van der Waals surface area (Å²) in [5, 5.41) is 14.6. The van der Waals surface area contributed by atoms with E-state index in [0.717, 1.165) is 4.88 Å². The van der Waals surface area contributed by atoms with Crippen molar-refractivity contribution in [2.75, 3.05) is 5.32 Å². The van der Waals surface area contributed by atoms with E-state index in [1.807, 2.05) is 17.5 Å². The largest absolute Gasteiger partial charge is 0.459 e. The van der Waals surface area contributed by atoms with Gasteiger partial charge in [-0.05, 0) is 23.6 Å². The first-order valence-corrected chi connectivity index (χ1v) is 6.64. The quantitative estimate of drug-likeness (QED) is 0.770. The molecule has 3 rings (SSSR count). The van der Waals surface area contributed by atoms with E-state index in [9.17, 15) is 4.79 Å². The van der Waals surface area contributed by atoms with Crippen molar-refractivity contribution < 1.29 is 13.6 Å². The Bertz CT molecular complexity index is 675. The Morgan fingerprint density at radius 3 is 3.00 bits per heavy atom. The summed E-state index contributed by atoms with van der Waals surface area (Å²) in [6.45, 7) is 0.447. The highest BCUT2D eigenvalue weighted by atomic mass is 32.1. The van der Waals surface area contributed by atoms with Crippen LogP contribution in [0.25, 0.3) is 11.7 Å². The van der Waals surface area contributed by atoms with Gasteiger partial charge in [-0.3, -0.25) is 5.32 Å². The normalized spacial score (nSPS) is 10.4. The molecular weight excluding hydrogens is 280 g/mol. The van der Waals surface area contributed by atoms with Crippen LogP contribution < -0.4 is 10.6 Å². The second kappa shape index (κ2) is 5.57. The zero-order valence-electron chi connectivity index (χ0n) is 10.2. The Hall–Kier alpha value is -2.61. The lowest BCUT2D eigenvalue weighted by Gasteiger charge is -2.02. The van der Waals surface area contributed by atoms with Gasteiger partial charge in [-0.1, -0.05) is 11.2 Å². The van der Waals surface area contributed by atoms with Crippen LogP contribution >= 0.6 is 11.3 Å². The van der Waals surface area contributed by atoms with Gasteiger partial charge in [0.15, 0.2) is 5.76 Å². The number of thiophene rings is 1. The molecule has 0 spiro atoms. The summed E-state index contributed by atoms with van der Waals surface area (Å²) in [4.78, 5) is 12.7. The van der Waals surface area contributed by atoms with Gasteiger partial charge < -0.3 is 14.2 Å². The molecule has 0 saturated carbocycles. The van der Waals surface area contributed by atoms with E-state index in [1.54, 1.807) is 23.5 Å². The molecule has 2 N–H and O–H groups in total. The van der Waals surface area contributed by atoms with E-state index in [1.165, 1.54) is 6.26 Å². The van der Waals surface area contributed by atoms with Gasteiger partial charge in [-0.15, -0.1) is 16.4 Å². The van der Waals surface area contributed by atoms with Crippen molar-refractivity contribution in [1.82, 2.24) is 15.5 Å². The lowest BCUT2D eigenvalue weighted by atomic mass is 10.5. The van der Waals surface area contributed by atoms with E-state index in [4.69, 9.17) is 8.83 Å². The SMILES string of the molecule is O=C(NCc1cccs1)Nc1nnc(-c2ccco2)o1. The molecule has 0 bridgehead atoms. The molecule has 2 amide bonds. The number of urea groups is 1. The second-order valence-corrected chi connectivity index (χ2v) is 4.81. The monoisotopic (exact) mass is 290 g/mol. The zero-order chi connectivity index (χ0) is 13.8. The number of nitrogens with one attached hydrogen (secondary N) is 2. The lowest BCUT2D eigenvalue weighted by molar-refractivity contribution is 0.251. The first-order chi connectivity index (χ1) is 9.81. The average Bonchev–Trinajstić information content (AvgIpc) is 3.18. The molecule has 0 aliphatic carbocycles. The van der Waals surface area contributed by atoms with Gasteiger partial charge in [0.25, 0.3) is 5.89 Å². The Balaban J connectivity index is 1.56. The maximum atomic E-state index is 11.6. The molecule has 8 heteroatoms. The topological polar surface area (TPSA) is 93.2 Å². The highest BCUT2D eigenvalue weighted by Crippen LogP contribution is 2.19. The van der Waals surface area contributed by atoms with Crippen molar-refractivity contribution in [2.45, 2.75) is 6.54 Å². The summed E-state index contributed by atoms with van der Waals surface area (Å²) in [5.41, 5.74) is 0. The number of hydrogen-bond donors (Lipinski definition) is 2. The van der Waals surface area contributed by atoms with E-state index in [0.29, 0.717) is 12.3 Å². The number of aromatic nitrogens is 2. The number of hydrogen-bond acceptors (Lipinski definition) is 6. The Morgan fingerprint density at radius 1 is 1.30 bits per heavy atom. The van der Waals surface area contributed by atoms with Crippen molar-refractivity contribution in [3.63, 3.8) is 0 Å². The van der Waals surface area contributed by atoms with Gasteiger partial charge in [-0.25, -0.2) is 4.79 Å². The van der Waals surface area contributed by atoms with Crippen LogP contribution in [-0.2, 0) is 6.54 Å². The molecule has 0 atom stereocenters. The van der Waals surface area contributed by atoms with Crippen molar-refractivity contribution in [3.8, 4) is 11.7 Å². The predicted octanol–water partition coefficient (Wildman–Crippen LogP) is 2.71. The summed E-state index contributed by atoms with van der Waals surface area (Å²) in [6, 6.07) is 6.86. The smallest absolute Gasteiger partial charge is 0.324 e. The molecular formula is C12H10N4O3S.